The number of hydrogen-bond donors (Lipinski definition) is 1. The molecule has 8 heteroatoms. The lowest BCUT2D eigenvalue weighted by Gasteiger charge is -2.02. The van der Waals surface area contributed by atoms with Gasteiger partial charge in [0, 0.05) is 11.8 Å². The second-order valence-corrected chi connectivity index (χ2v) is 5.23. The summed E-state index contributed by atoms with van der Waals surface area (Å²) in [4.78, 5) is 14.5. The first-order valence-electron chi connectivity index (χ1n) is 5.01. The fraction of sp³-hybridized carbons (Fsp3) is 0.200. The van der Waals surface area contributed by atoms with E-state index >= 15 is 0 Å². The fourth-order valence-corrected chi connectivity index (χ4v) is 2.92. The second kappa shape index (κ2) is 5.49. The standard InChI is InChI=1S/C10H9BrN4O2S/c1-6-12-10(14-13-6)18-5-7-3-2-4-8(9(7)11)15(16)17/h2-4H,5H2,1H3,(H,12,13,14). The summed E-state index contributed by atoms with van der Waals surface area (Å²) in [6, 6.07) is 4.97. The molecule has 0 amide bonds. The largest absolute Gasteiger partial charge is 0.283 e. The molecule has 6 nitrogen and oxygen atoms in total. The van der Waals surface area contributed by atoms with Gasteiger partial charge in [-0.25, -0.2) is 4.98 Å². The minimum Gasteiger partial charge on any atom is -0.262 e. The Balaban J connectivity index is 2.14. The number of nitrogens with one attached hydrogen (secondary N) is 1. The monoisotopic (exact) mass is 328 g/mol. The molecular weight excluding hydrogens is 320 g/mol. The van der Waals surface area contributed by atoms with Crippen molar-refractivity contribution in [1.29, 1.82) is 0 Å². The molecule has 1 aromatic carbocycles. The molecule has 94 valence electrons. The first-order chi connectivity index (χ1) is 8.58. The minimum atomic E-state index is -0.408. The Morgan fingerprint density at radius 3 is 2.94 bits per heavy atom. The molecule has 1 N–H and O–H groups in total. The van der Waals surface area contributed by atoms with Crippen molar-refractivity contribution in [2.75, 3.05) is 0 Å². The predicted molar refractivity (Wildman–Crippen MR) is 71.5 cm³/mol. The van der Waals surface area contributed by atoms with Gasteiger partial charge < -0.3 is 0 Å². The van der Waals surface area contributed by atoms with Crippen LogP contribution in [-0.2, 0) is 5.75 Å². The number of nitro groups is 1. The summed E-state index contributed by atoms with van der Waals surface area (Å²) >= 11 is 4.68. The number of H-pyrrole nitrogens is 1. The molecule has 0 aliphatic carbocycles. The van der Waals surface area contributed by atoms with E-state index in [0.29, 0.717) is 15.4 Å². The Hall–Kier alpha value is -1.41. The van der Waals surface area contributed by atoms with Gasteiger partial charge in [0.1, 0.15) is 5.82 Å². The number of aryl methyl sites for hydroxylation is 1. The number of nitrogens with zero attached hydrogens (tertiary/aromatic N) is 3. The first-order valence-corrected chi connectivity index (χ1v) is 6.79. The minimum absolute atomic E-state index is 0.0688. The summed E-state index contributed by atoms with van der Waals surface area (Å²) in [7, 11) is 0. The van der Waals surface area contributed by atoms with Crippen molar-refractivity contribution in [1.82, 2.24) is 15.2 Å². The van der Waals surface area contributed by atoms with Crippen molar-refractivity contribution in [3.8, 4) is 0 Å². The van der Waals surface area contributed by atoms with Crippen LogP contribution in [0, 0.1) is 17.0 Å². The molecule has 2 rings (SSSR count). The lowest BCUT2D eigenvalue weighted by Crippen LogP contribution is -1.92. The van der Waals surface area contributed by atoms with E-state index in [1.54, 1.807) is 6.07 Å². The van der Waals surface area contributed by atoms with Crippen molar-refractivity contribution in [3.63, 3.8) is 0 Å². The van der Waals surface area contributed by atoms with Gasteiger partial charge in [-0.15, -0.1) is 5.10 Å². The molecule has 2 aromatic rings. The maximum Gasteiger partial charge on any atom is 0.283 e. The Morgan fingerprint density at radius 2 is 2.33 bits per heavy atom. The number of hydrogen-bond acceptors (Lipinski definition) is 5. The average Bonchev–Trinajstić information content (AvgIpc) is 2.73. The van der Waals surface area contributed by atoms with Gasteiger partial charge in [-0.1, -0.05) is 23.9 Å². The first kappa shape index (κ1) is 13.0. The zero-order chi connectivity index (χ0) is 13.1. The number of aromatic amines is 1. The van der Waals surface area contributed by atoms with Gasteiger partial charge in [-0.3, -0.25) is 15.2 Å². The highest BCUT2D eigenvalue weighted by Gasteiger charge is 2.15. The van der Waals surface area contributed by atoms with E-state index in [0.717, 1.165) is 11.4 Å². The van der Waals surface area contributed by atoms with Crippen LogP contribution in [0.25, 0.3) is 0 Å². The fourth-order valence-electron chi connectivity index (χ4n) is 1.35. The normalized spacial score (nSPS) is 10.6. The molecule has 1 aromatic heterocycles. The molecule has 18 heavy (non-hydrogen) atoms. The van der Waals surface area contributed by atoms with E-state index < -0.39 is 4.92 Å². The summed E-state index contributed by atoms with van der Waals surface area (Å²) in [5.41, 5.74) is 0.913. The molecule has 0 bridgehead atoms. The third-order valence-electron chi connectivity index (χ3n) is 2.19. The summed E-state index contributed by atoms with van der Waals surface area (Å²) in [5.74, 6) is 1.31. The highest BCUT2D eigenvalue weighted by Crippen LogP contribution is 2.31. The Labute approximate surface area is 115 Å². The topological polar surface area (TPSA) is 84.7 Å². The third kappa shape index (κ3) is 2.88. The number of nitro benzene ring substituents is 1. The van der Waals surface area contributed by atoms with Crippen molar-refractivity contribution < 1.29 is 4.92 Å². The lowest BCUT2D eigenvalue weighted by atomic mass is 10.2. The maximum absolute atomic E-state index is 10.8. The van der Waals surface area contributed by atoms with Crippen LogP contribution >= 0.6 is 27.7 Å². The van der Waals surface area contributed by atoms with Crippen molar-refractivity contribution in [2.24, 2.45) is 0 Å². The highest BCUT2D eigenvalue weighted by molar-refractivity contribution is 9.10. The lowest BCUT2D eigenvalue weighted by molar-refractivity contribution is -0.385. The molecular formula is C10H9BrN4O2S. The maximum atomic E-state index is 10.8. The Bertz CT molecular complexity index is 587. The van der Waals surface area contributed by atoms with Crippen LogP contribution in [0.5, 0.6) is 0 Å². The Kier molecular flexibility index (Phi) is 3.97. The van der Waals surface area contributed by atoms with Crippen molar-refractivity contribution >= 4 is 33.4 Å². The van der Waals surface area contributed by atoms with Gasteiger partial charge in [-0.05, 0) is 28.4 Å². The molecule has 0 aliphatic rings. The second-order valence-electron chi connectivity index (χ2n) is 3.50. The number of rotatable bonds is 4. The van der Waals surface area contributed by atoms with Gasteiger partial charge in [0.15, 0.2) is 0 Å². The van der Waals surface area contributed by atoms with Gasteiger partial charge >= 0.3 is 0 Å². The quantitative estimate of drug-likeness (QED) is 0.529. The molecule has 0 fully saturated rings. The third-order valence-corrected chi connectivity index (χ3v) is 4.00. The van der Waals surface area contributed by atoms with Crippen LogP contribution in [0.4, 0.5) is 5.69 Å². The molecule has 0 saturated carbocycles. The summed E-state index contributed by atoms with van der Waals surface area (Å²) in [6.45, 7) is 1.82. The summed E-state index contributed by atoms with van der Waals surface area (Å²) in [6.07, 6.45) is 0. The molecule has 0 spiro atoms. The predicted octanol–water partition coefficient (Wildman–Crippen LogP) is 3.08. The van der Waals surface area contributed by atoms with Crippen LogP contribution < -0.4 is 0 Å². The van der Waals surface area contributed by atoms with E-state index in [4.69, 9.17) is 0 Å². The van der Waals surface area contributed by atoms with Crippen LogP contribution in [0.1, 0.15) is 11.4 Å². The van der Waals surface area contributed by atoms with E-state index in [1.165, 1.54) is 17.8 Å². The molecule has 0 atom stereocenters. The van der Waals surface area contributed by atoms with Crippen LogP contribution in [0.15, 0.2) is 27.8 Å². The van der Waals surface area contributed by atoms with Crippen molar-refractivity contribution in [3.05, 3.63) is 44.2 Å². The number of halogens is 1. The average molecular weight is 329 g/mol. The smallest absolute Gasteiger partial charge is 0.262 e. The molecule has 0 radical (unpaired) electrons. The molecule has 1 heterocycles. The number of benzene rings is 1. The summed E-state index contributed by atoms with van der Waals surface area (Å²) in [5, 5.41) is 18.2. The highest BCUT2D eigenvalue weighted by atomic mass is 79.9. The van der Waals surface area contributed by atoms with Crippen LogP contribution in [0.3, 0.4) is 0 Å². The van der Waals surface area contributed by atoms with Crippen LogP contribution in [0.2, 0.25) is 0 Å². The SMILES string of the molecule is Cc1nc(SCc2cccc([N+](=O)[O-])c2Br)n[nH]1. The van der Waals surface area contributed by atoms with E-state index in [9.17, 15) is 10.1 Å². The van der Waals surface area contributed by atoms with E-state index in [2.05, 4.69) is 31.1 Å². The number of thioether (sulfide) groups is 1. The van der Waals surface area contributed by atoms with Gasteiger partial charge in [0.25, 0.3) is 5.69 Å². The van der Waals surface area contributed by atoms with E-state index in [-0.39, 0.29) is 5.69 Å². The zero-order valence-corrected chi connectivity index (χ0v) is 11.8. The van der Waals surface area contributed by atoms with E-state index in [1.807, 2.05) is 13.0 Å². The Morgan fingerprint density at radius 1 is 1.56 bits per heavy atom. The molecule has 0 unspecified atom stereocenters. The molecule has 0 aliphatic heterocycles. The molecule has 0 saturated heterocycles. The summed E-state index contributed by atoms with van der Waals surface area (Å²) < 4.78 is 0.509. The van der Waals surface area contributed by atoms with Gasteiger partial charge in [0.2, 0.25) is 5.16 Å². The van der Waals surface area contributed by atoms with Crippen LogP contribution in [-0.4, -0.2) is 20.1 Å². The number of aromatic nitrogens is 3. The zero-order valence-electron chi connectivity index (χ0n) is 9.38. The van der Waals surface area contributed by atoms with Gasteiger partial charge in [0.05, 0.1) is 9.40 Å². The van der Waals surface area contributed by atoms with Crippen molar-refractivity contribution in [2.45, 2.75) is 17.8 Å². The van der Waals surface area contributed by atoms with Gasteiger partial charge in [-0.2, -0.15) is 0 Å².